The summed E-state index contributed by atoms with van der Waals surface area (Å²) in [4.78, 5) is 10.4. The Morgan fingerprint density at radius 1 is 1.50 bits per heavy atom. The minimum absolute atomic E-state index is 0.125. The summed E-state index contributed by atoms with van der Waals surface area (Å²) in [6, 6.07) is 0. The van der Waals surface area contributed by atoms with Crippen LogP contribution < -0.4 is 0 Å². The third-order valence-electron chi connectivity index (χ3n) is 1.28. The highest BCUT2D eigenvalue weighted by Crippen LogP contribution is 2.17. The van der Waals surface area contributed by atoms with E-state index in [2.05, 4.69) is 0 Å². The Kier molecular flexibility index (Phi) is 1.08. The second-order valence-electron chi connectivity index (χ2n) is 1.99. The largest absolute Gasteiger partial charge is 0.431 e. The molecule has 0 N–H and O–H groups in total. The molecule has 2 heteroatoms. The van der Waals surface area contributed by atoms with Crippen LogP contribution in [0.2, 0.25) is 0 Å². The number of hydrogen-bond donors (Lipinski definition) is 0. The molecule has 1 rings (SSSR count). The summed E-state index contributed by atoms with van der Waals surface area (Å²) in [5, 5.41) is 0. The van der Waals surface area contributed by atoms with Gasteiger partial charge in [0.2, 0.25) is 0 Å². The van der Waals surface area contributed by atoms with E-state index < -0.39 is 0 Å². The Labute approximate surface area is 48.1 Å². The topological polar surface area (TPSA) is 26.3 Å². The quantitative estimate of drug-likeness (QED) is 0.440. The molecule has 0 bridgehead atoms. The molecule has 1 aliphatic rings. The van der Waals surface area contributed by atoms with Crippen molar-refractivity contribution in [1.82, 2.24) is 0 Å². The normalized spacial score (nSPS) is 19.5. The smallest absolute Gasteiger partial charge is 0.315 e. The van der Waals surface area contributed by atoms with Crippen LogP contribution >= 0.6 is 0 Å². The van der Waals surface area contributed by atoms with Gasteiger partial charge in [0, 0.05) is 0 Å². The van der Waals surface area contributed by atoms with Crippen molar-refractivity contribution in [3.8, 4) is 0 Å². The van der Waals surface area contributed by atoms with Gasteiger partial charge < -0.3 is 4.74 Å². The van der Waals surface area contributed by atoms with Crippen molar-refractivity contribution >= 4 is 5.97 Å². The fourth-order valence-electron chi connectivity index (χ4n) is 0.635. The average Bonchev–Trinajstić information content (AvgIpc) is 1.85. The molecule has 0 aliphatic carbocycles. The molecule has 0 aromatic rings. The average molecular weight is 112 g/mol. The monoisotopic (exact) mass is 112 g/mol. The van der Waals surface area contributed by atoms with Gasteiger partial charge in [0.05, 0.1) is 6.42 Å². The maximum Gasteiger partial charge on any atom is 0.315 e. The van der Waals surface area contributed by atoms with Crippen molar-refractivity contribution in [1.29, 1.82) is 0 Å². The van der Waals surface area contributed by atoms with E-state index >= 15 is 0 Å². The number of carbonyl (C=O) groups excluding carboxylic acids is 1. The molecule has 0 atom stereocenters. The maximum atomic E-state index is 10.4. The number of allylic oxidation sites excluding steroid dienone is 1. The van der Waals surface area contributed by atoms with E-state index in [1.54, 1.807) is 6.92 Å². The molecule has 0 radical (unpaired) electrons. The molecule has 0 saturated heterocycles. The van der Waals surface area contributed by atoms with E-state index in [1.165, 1.54) is 0 Å². The molecule has 0 spiro atoms. The molecule has 8 heavy (non-hydrogen) atoms. The molecular weight excluding hydrogens is 104 g/mol. The van der Waals surface area contributed by atoms with E-state index in [4.69, 9.17) is 4.74 Å². The fraction of sp³-hybridized carbons (Fsp3) is 0.500. The van der Waals surface area contributed by atoms with Crippen LogP contribution in [0.25, 0.3) is 0 Å². The number of cyclic esters (lactones) is 1. The number of hydrogen-bond acceptors (Lipinski definition) is 2. The molecule has 2 nitrogen and oxygen atoms in total. The SMILES string of the molecule is CC1=C(C)OC(=O)C1. The van der Waals surface area contributed by atoms with E-state index in [9.17, 15) is 4.79 Å². The number of rotatable bonds is 0. The van der Waals surface area contributed by atoms with Crippen LogP contribution in [-0.2, 0) is 9.53 Å². The van der Waals surface area contributed by atoms with Gasteiger partial charge in [0.1, 0.15) is 5.76 Å². The van der Waals surface area contributed by atoms with Crippen LogP contribution in [0.3, 0.4) is 0 Å². The van der Waals surface area contributed by atoms with Crippen LogP contribution in [0.4, 0.5) is 0 Å². The van der Waals surface area contributed by atoms with Crippen molar-refractivity contribution < 1.29 is 9.53 Å². The summed E-state index contributed by atoms with van der Waals surface area (Å²) in [7, 11) is 0. The Hall–Kier alpha value is -0.790. The Bertz CT molecular complexity index is 140. The first-order valence-electron chi connectivity index (χ1n) is 2.57. The van der Waals surface area contributed by atoms with Crippen LogP contribution in [0.1, 0.15) is 20.3 Å². The zero-order valence-corrected chi connectivity index (χ0v) is 5.02. The summed E-state index contributed by atoms with van der Waals surface area (Å²) in [6.45, 7) is 3.71. The first-order valence-corrected chi connectivity index (χ1v) is 2.57. The third kappa shape index (κ3) is 0.735. The van der Waals surface area contributed by atoms with E-state index in [-0.39, 0.29) is 5.97 Å². The van der Waals surface area contributed by atoms with Gasteiger partial charge in [-0.05, 0) is 19.4 Å². The van der Waals surface area contributed by atoms with Crippen LogP contribution in [0, 0.1) is 0 Å². The van der Waals surface area contributed by atoms with Crippen LogP contribution in [0.15, 0.2) is 11.3 Å². The molecule has 0 aromatic carbocycles. The number of ether oxygens (including phenoxy) is 1. The van der Waals surface area contributed by atoms with Crippen molar-refractivity contribution in [3.63, 3.8) is 0 Å². The van der Waals surface area contributed by atoms with Crippen LogP contribution in [-0.4, -0.2) is 5.97 Å². The molecule has 0 saturated carbocycles. The molecular formula is C6H8O2. The van der Waals surface area contributed by atoms with Crippen LogP contribution in [0.5, 0.6) is 0 Å². The van der Waals surface area contributed by atoms with Crippen molar-refractivity contribution in [2.45, 2.75) is 20.3 Å². The van der Waals surface area contributed by atoms with Crippen molar-refractivity contribution in [2.75, 3.05) is 0 Å². The first kappa shape index (κ1) is 5.35. The Balaban J connectivity index is 2.73. The second kappa shape index (κ2) is 1.62. The second-order valence-corrected chi connectivity index (χ2v) is 1.99. The van der Waals surface area contributed by atoms with Gasteiger partial charge in [-0.2, -0.15) is 0 Å². The predicted octanol–water partition coefficient (Wildman–Crippen LogP) is 1.23. The van der Waals surface area contributed by atoms with E-state index in [0.717, 1.165) is 11.3 Å². The highest BCUT2D eigenvalue weighted by molar-refractivity contribution is 5.76. The molecule has 1 aliphatic heterocycles. The molecule has 44 valence electrons. The molecule has 1 heterocycles. The highest BCUT2D eigenvalue weighted by Gasteiger charge is 2.15. The summed E-state index contributed by atoms with van der Waals surface area (Å²) >= 11 is 0. The summed E-state index contributed by atoms with van der Waals surface area (Å²) in [6.07, 6.45) is 0.478. The molecule has 0 fully saturated rings. The maximum absolute atomic E-state index is 10.4. The Morgan fingerprint density at radius 3 is 2.25 bits per heavy atom. The van der Waals surface area contributed by atoms with Gasteiger partial charge in [0.15, 0.2) is 0 Å². The first-order chi connectivity index (χ1) is 3.70. The number of carbonyl (C=O) groups is 1. The molecule has 0 amide bonds. The summed E-state index contributed by atoms with van der Waals surface area (Å²) in [5.74, 6) is 0.648. The lowest BCUT2D eigenvalue weighted by atomic mass is 10.2. The minimum Gasteiger partial charge on any atom is -0.431 e. The van der Waals surface area contributed by atoms with Gasteiger partial charge in [-0.15, -0.1) is 0 Å². The van der Waals surface area contributed by atoms with Gasteiger partial charge in [-0.1, -0.05) is 0 Å². The van der Waals surface area contributed by atoms with Gasteiger partial charge in [-0.3, -0.25) is 4.79 Å². The van der Waals surface area contributed by atoms with E-state index in [0.29, 0.717) is 6.42 Å². The van der Waals surface area contributed by atoms with Crippen molar-refractivity contribution in [3.05, 3.63) is 11.3 Å². The minimum atomic E-state index is -0.125. The zero-order valence-electron chi connectivity index (χ0n) is 5.02. The molecule has 0 aromatic heterocycles. The molecule has 0 unspecified atom stereocenters. The summed E-state index contributed by atoms with van der Waals surface area (Å²) in [5.41, 5.74) is 1.05. The van der Waals surface area contributed by atoms with Gasteiger partial charge >= 0.3 is 5.97 Å². The Morgan fingerprint density at radius 2 is 2.12 bits per heavy atom. The highest BCUT2D eigenvalue weighted by atomic mass is 16.5. The fourth-order valence-corrected chi connectivity index (χ4v) is 0.635. The predicted molar refractivity (Wildman–Crippen MR) is 29.1 cm³/mol. The van der Waals surface area contributed by atoms with Gasteiger partial charge in [0.25, 0.3) is 0 Å². The zero-order chi connectivity index (χ0) is 6.15. The van der Waals surface area contributed by atoms with Crippen molar-refractivity contribution in [2.24, 2.45) is 0 Å². The lowest BCUT2D eigenvalue weighted by molar-refractivity contribution is -0.136. The lowest BCUT2D eigenvalue weighted by Gasteiger charge is -1.89. The van der Waals surface area contributed by atoms with E-state index in [1.807, 2.05) is 6.92 Å². The standard InChI is InChI=1S/C6H8O2/c1-4-3-6(7)8-5(4)2/h3H2,1-2H3. The summed E-state index contributed by atoms with van der Waals surface area (Å²) < 4.78 is 4.71. The van der Waals surface area contributed by atoms with Gasteiger partial charge in [-0.25, -0.2) is 0 Å². The number of esters is 1. The lowest BCUT2D eigenvalue weighted by Crippen LogP contribution is -1.90. The third-order valence-corrected chi connectivity index (χ3v) is 1.28.